The van der Waals surface area contributed by atoms with E-state index in [1.807, 2.05) is 0 Å². The first-order valence-electron chi connectivity index (χ1n) is 7.73. The molecule has 0 aliphatic rings. The van der Waals surface area contributed by atoms with Gasteiger partial charge in [-0.05, 0) is 19.0 Å². The second-order valence-electron chi connectivity index (χ2n) is 6.27. The first-order chi connectivity index (χ1) is 10.9. The molecule has 1 aromatic rings. The molecule has 0 aliphatic carbocycles. The minimum absolute atomic E-state index is 0.0417. The summed E-state index contributed by atoms with van der Waals surface area (Å²) in [5.74, 6) is 0.0241. The van der Waals surface area contributed by atoms with Crippen molar-refractivity contribution in [2.24, 2.45) is 0 Å². The molecule has 0 saturated carbocycles. The van der Waals surface area contributed by atoms with Crippen molar-refractivity contribution in [1.29, 1.82) is 0 Å². The molecule has 0 fully saturated rings. The van der Waals surface area contributed by atoms with E-state index in [9.17, 15) is 4.79 Å². The molecule has 0 radical (unpaired) electrons. The third kappa shape index (κ3) is 7.58. The minimum Gasteiger partial charge on any atom is -0.481 e. The number of ether oxygens (including phenoxy) is 4. The molecule has 0 aliphatic heterocycles. The molecule has 6 nitrogen and oxygen atoms in total. The Bertz CT molecular complexity index is 472. The lowest BCUT2D eigenvalue weighted by Gasteiger charge is -2.18. The van der Waals surface area contributed by atoms with Gasteiger partial charge in [-0.25, -0.2) is 9.78 Å². The molecule has 0 aromatic carbocycles. The fraction of sp³-hybridized carbons (Fsp3) is 0.625. The molecule has 0 N–H and O–H groups in total. The highest BCUT2D eigenvalue weighted by Crippen LogP contribution is 2.20. The molecule has 0 unspecified atom stereocenters. The zero-order chi connectivity index (χ0) is 17.3. The Hall–Kier alpha value is -1.44. The minimum atomic E-state index is -1.14. The fourth-order valence-electron chi connectivity index (χ4n) is 1.74. The van der Waals surface area contributed by atoms with Crippen LogP contribution in [0.4, 0.5) is 0 Å². The fourth-order valence-corrected chi connectivity index (χ4v) is 2.50. The molecule has 0 spiro atoms. The largest absolute Gasteiger partial charge is 0.481 e. The number of aromatic nitrogens is 1. The number of carbonyl (C=O) groups is 1. The summed E-state index contributed by atoms with van der Waals surface area (Å²) in [4.78, 5) is 16.2. The van der Waals surface area contributed by atoms with E-state index in [0.717, 1.165) is 6.04 Å². The monoisotopic (exact) mass is 341 g/mol. The predicted molar refractivity (Wildman–Crippen MR) is 90.2 cm³/mol. The average Bonchev–Trinajstić information content (AvgIpc) is 2.50. The average molecular weight is 341 g/mol. The maximum Gasteiger partial charge on any atom is 0.340 e. The van der Waals surface area contributed by atoms with Crippen LogP contribution in [0.15, 0.2) is 18.3 Å². The van der Waals surface area contributed by atoms with Crippen molar-refractivity contribution in [3.8, 4) is 5.88 Å². The Morgan fingerprint density at radius 1 is 1.30 bits per heavy atom. The molecule has 0 saturated heterocycles. The lowest BCUT2D eigenvalue weighted by atomic mass is 10.1. The molecule has 7 heteroatoms. The van der Waals surface area contributed by atoms with Gasteiger partial charge in [0.15, 0.2) is 6.10 Å². The van der Waals surface area contributed by atoms with Crippen molar-refractivity contribution in [3.05, 3.63) is 23.9 Å². The SMILES string of the molecule is CCOC(=O)[C@H](OCOCC[Si](C)(C)C)c1ccc(OC)nc1. The van der Waals surface area contributed by atoms with E-state index in [1.54, 1.807) is 25.3 Å². The maximum atomic E-state index is 12.1. The first-order valence-corrected chi connectivity index (χ1v) is 11.4. The summed E-state index contributed by atoms with van der Waals surface area (Å²) in [6.45, 7) is 9.56. The van der Waals surface area contributed by atoms with Crippen LogP contribution in [0.2, 0.25) is 25.7 Å². The summed E-state index contributed by atoms with van der Waals surface area (Å²) in [6, 6.07) is 4.46. The van der Waals surface area contributed by atoms with Gasteiger partial charge < -0.3 is 18.9 Å². The van der Waals surface area contributed by atoms with E-state index in [4.69, 9.17) is 18.9 Å². The highest BCUT2D eigenvalue weighted by molar-refractivity contribution is 6.76. The van der Waals surface area contributed by atoms with Gasteiger partial charge in [0, 0.05) is 32.5 Å². The summed E-state index contributed by atoms with van der Waals surface area (Å²) in [5, 5.41) is 0. The van der Waals surface area contributed by atoms with Gasteiger partial charge in [0.1, 0.15) is 6.79 Å². The van der Waals surface area contributed by atoms with Gasteiger partial charge in [-0.3, -0.25) is 0 Å². The van der Waals surface area contributed by atoms with Crippen LogP contribution in [0.3, 0.4) is 0 Å². The lowest BCUT2D eigenvalue weighted by Crippen LogP contribution is -2.23. The number of rotatable bonds is 10. The van der Waals surface area contributed by atoms with E-state index in [0.29, 0.717) is 24.7 Å². The van der Waals surface area contributed by atoms with E-state index in [1.165, 1.54) is 7.11 Å². The van der Waals surface area contributed by atoms with Gasteiger partial charge in [0.25, 0.3) is 0 Å². The molecule has 23 heavy (non-hydrogen) atoms. The molecule has 0 bridgehead atoms. The molecular weight excluding hydrogens is 314 g/mol. The number of pyridine rings is 1. The topological polar surface area (TPSA) is 66.9 Å². The Kier molecular flexibility index (Phi) is 8.22. The Morgan fingerprint density at radius 2 is 2.04 bits per heavy atom. The van der Waals surface area contributed by atoms with E-state index >= 15 is 0 Å². The smallest absolute Gasteiger partial charge is 0.340 e. The van der Waals surface area contributed by atoms with Crippen LogP contribution in [0, 0.1) is 0 Å². The number of esters is 1. The molecule has 130 valence electrons. The maximum absolute atomic E-state index is 12.1. The van der Waals surface area contributed by atoms with Gasteiger partial charge in [-0.1, -0.05) is 19.6 Å². The van der Waals surface area contributed by atoms with Crippen LogP contribution < -0.4 is 4.74 Å². The quantitative estimate of drug-likeness (QED) is 0.282. The van der Waals surface area contributed by atoms with Crippen molar-refractivity contribution >= 4 is 14.0 Å². The summed E-state index contributed by atoms with van der Waals surface area (Å²) >= 11 is 0. The third-order valence-electron chi connectivity index (χ3n) is 3.09. The molecule has 1 aromatic heterocycles. The first kappa shape index (κ1) is 19.6. The van der Waals surface area contributed by atoms with Crippen LogP contribution in [0.5, 0.6) is 5.88 Å². The van der Waals surface area contributed by atoms with Gasteiger partial charge >= 0.3 is 5.97 Å². The van der Waals surface area contributed by atoms with E-state index in [2.05, 4.69) is 24.6 Å². The summed E-state index contributed by atoms with van der Waals surface area (Å²) in [6.07, 6.45) is 0.697. The predicted octanol–water partition coefficient (Wildman–Crippen LogP) is 3.02. The van der Waals surface area contributed by atoms with Crippen molar-refractivity contribution < 1.29 is 23.7 Å². The zero-order valence-corrected chi connectivity index (χ0v) is 15.6. The highest BCUT2D eigenvalue weighted by atomic mass is 28.3. The lowest BCUT2D eigenvalue weighted by molar-refractivity contribution is -0.167. The van der Waals surface area contributed by atoms with Gasteiger partial charge in [-0.15, -0.1) is 0 Å². The van der Waals surface area contributed by atoms with Crippen molar-refractivity contribution in [2.75, 3.05) is 27.1 Å². The summed E-state index contributed by atoms with van der Waals surface area (Å²) in [5.41, 5.74) is 0.609. The van der Waals surface area contributed by atoms with Crippen LogP contribution in [-0.2, 0) is 19.0 Å². The van der Waals surface area contributed by atoms with Crippen molar-refractivity contribution in [1.82, 2.24) is 4.98 Å². The number of nitrogens with zero attached hydrogens (tertiary/aromatic N) is 1. The molecule has 1 rings (SSSR count). The second kappa shape index (κ2) is 9.64. The number of hydrogen-bond donors (Lipinski definition) is 0. The molecule has 0 amide bonds. The van der Waals surface area contributed by atoms with Crippen molar-refractivity contribution in [2.45, 2.75) is 38.7 Å². The number of carbonyl (C=O) groups excluding carboxylic acids is 1. The van der Waals surface area contributed by atoms with Crippen LogP contribution in [-0.4, -0.2) is 46.1 Å². The van der Waals surface area contributed by atoms with Gasteiger partial charge in [-0.2, -0.15) is 0 Å². The summed E-state index contributed by atoms with van der Waals surface area (Å²) in [7, 11) is 0.396. The van der Waals surface area contributed by atoms with E-state index in [-0.39, 0.29) is 6.79 Å². The standard InChI is InChI=1S/C16H27NO5Si/c1-6-21-16(18)15(13-7-8-14(19-2)17-11-13)22-12-20-9-10-23(3,4)5/h7-8,11,15H,6,9-10,12H2,1-5H3/t15-/m1/s1. The number of methoxy groups -OCH3 is 1. The Balaban J connectivity index is 2.60. The summed E-state index contributed by atoms with van der Waals surface area (Å²) < 4.78 is 21.1. The zero-order valence-electron chi connectivity index (χ0n) is 14.6. The van der Waals surface area contributed by atoms with Gasteiger partial charge in [0.2, 0.25) is 5.88 Å². The normalized spacial score (nSPS) is 12.7. The molecule has 1 heterocycles. The van der Waals surface area contributed by atoms with Crippen molar-refractivity contribution in [3.63, 3.8) is 0 Å². The third-order valence-corrected chi connectivity index (χ3v) is 4.79. The van der Waals surface area contributed by atoms with Crippen LogP contribution >= 0.6 is 0 Å². The van der Waals surface area contributed by atoms with E-state index < -0.39 is 20.1 Å². The Morgan fingerprint density at radius 3 is 2.57 bits per heavy atom. The molecule has 1 atom stereocenters. The highest BCUT2D eigenvalue weighted by Gasteiger charge is 2.23. The second-order valence-corrected chi connectivity index (χ2v) is 11.9. The Labute approximate surface area is 139 Å². The van der Waals surface area contributed by atoms with Crippen LogP contribution in [0.25, 0.3) is 0 Å². The van der Waals surface area contributed by atoms with Crippen LogP contribution in [0.1, 0.15) is 18.6 Å². The number of hydrogen-bond acceptors (Lipinski definition) is 6. The molecular formula is C16H27NO5Si. The van der Waals surface area contributed by atoms with Gasteiger partial charge in [0.05, 0.1) is 13.7 Å².